The van der Waals surface area contributed by atoms with Gasteiger partial charge in [-0.25, -0.2) is 4.39 Å². The van der Waals surface area contributed by atoms with E-state index in [0.29, 0.717) is 17.9 Å². The van der Waals surface area contributed by atoms with E-state index in [0.717, 1.165) is 11.4 Å². The van der Waals surface area contributed by atoms with Crippen LogP contribution in [0.1, 0.15) is 30.4 Å². The Kier molecular flexibility index (Phi) is 4.27. The predicted octanol–water partition coefficient (Wildman–Crippen LogP) is 3.44. The molecule has 0 saturated carbocycles. The molecule has 118 valence electrons. The topological polar surface area (TPSA) is 73.9 Å². The second-order valence-corrected chi connectivity index (χ2v) is 5.02. The van der Waals surface area contributed by atoms with Crippen LogP contribution in [0.3, 0.4) is 0 Å². The van der Waals surface area contributed by atoms with E-state index in [4.69, 9.17) is 9.15 Å². The van der Waals surface area contributed by atoms with Crippen molar-refractivity contribution in [1.29, 1.82) is 0 Å². The van der Waals surface area contributed by atoms with Crippen LogP contribution in [0.25, 0.3) is 11.5 Å². The molecule has 0 fully saturated rings. The van der Waals surface area contributed by atoms with Crippen LogP contribution in [0, 0.1) is 6.92 Å². The van der Waals surface area contributed by atoms with Crippen molar-refractivity contribution in [2.75, 3.05) is 0 Å². The highest BCUT2D eigenvalue weighted by Crippen LogP contribution is 2.21. The van der Waals surface area contributed by atoms with Gasteiger partial charge in [-0.15, -0.1) is 10.2 Å². The standard InChI is InChI=1S/C16H15FN4O2/c1-10-3-6-14(8-18-10)22-9-13-5-4-12(7-19-13)16-21-20-15(23-16)11(2)17/h3-8,11H,9H2,1-2H3. The first kappa shape index (κ1) is 15.1. The summed E-state index contributed by atoms with van der Waals surface area (Å²) in [6.45, 7) is 3.58. The summed E-state index contributed by atoms with van der Waals surface area (Å²) in [7, 11) is 0. The van der Waals surface area contributed by atoms with E-state index in [1.807, 2.05) is 19.1 Å². The molecule has 0 aromatic carbocycles. The maximum atomic E-state index is 13.1. The quantitative estimate of drug-likeness (QED) is 0.718. The highest BCUT2D eigenvalue weighted by molar-refractivity contribution is 5.50. The van der Waals surface area contributed by atoms with Gasteiger partial charge in [-0.1, -0.05) is 0 Å². The van der Waals surface area contributed by atoms with Gasteiger partial charge in [-0.3, -0.25) is 9.97 Å². The molecular formula is C16H15FN4O2. The van der Waals surface area contributed by atoms with Crippen molar-refractivity contribution in [3.8, 4) is 17.2 Å². The Morgan fingerprint density at radius 1 is 1.13 bits per heavy atom. The summed E-state index contributed by atoms with van der Waals surface area (Å²) < 4.78 is 23.9. The molecule has 0 radical (unpaired) electrons. The number of aromatic nitrogens is 4. The van der Waals surface area contributed by atoms with Crippen LogP contribution in [0.2, 0.25) is 0 Å². The average molecular weight is 314 g/mol. The molecule has 0 aliphatic carbocycles. The zero-order chi connectivity index (χ0) is 16.2. The number of alkyl halides is 1. The highest BCUT2D eigenvalue weighted by Gasteiger charge is 2.14. The zero-order valence-corrected chi connectivity index (χ0v) is 12.7. The Morgan fingerprint density at radius 2 is 2.00 bits per heavy atom. The summed E-state index contributed by atoms with van der Waals surface area (Å²) in [5.74, 6) is 0.881. The molecular weight excluding hydrogens is 299 g/mol. The molecule has 3 rings (SSSR count). The van der Waals surface area contributed by atoms with Gasteiger partial charge in [0.15, 0.2) is 6.17 Å². The third-order valence-electron chi connectivity index (χ3n) is 3.12. The van der Waals surface area contributed by atoms with E-state index in [9.17, 15) is 4.39 Å². The van der Waals surface area contributed by atoms with Crippen LogP contribution in [0.4, 0.5) is 4.39 Å². The Hall–Kier alpha value is -2.83. The molecule has 0 amide bonds. The molecule has 23 heavy (non-hydrogen) atoms. The Morgan fingerprint density at radius 3 is 2.61 bits per heavy atom. The Bertz CT molecular complexity index is 770. The van der Waals surface area contributed by atoms with Crippen molar-refractivity contribution in [2.45, 2.75) is 26.6 Å². The summed E-state index contributed by atoms with van der Waals surface area (Å²) >= 11 is 0. The van der Waals surface area contributed by atoms with Crippen molar-refractivity contribution in [3.05, 3.63) is 53.9 Å². The van der Waals surface area contributed by atoms with Crippen LogP contribution >= 0.6 is 0 Å². The third-order valence-corrected chi connectivity index (χ3v) is 3.12. The lowest BCUT2D eigenvalue weighted by Gasteiger charge is -2.05. The number of aryl methyl sites for hydroxylation is 1. The molecule has 6 nitrogen and oxygen atoms in total. The number of hydrogen-bond donors (Lipinski definition) is 0. The normalized spacial score (nSPS) is 12.1. The molecule has 0 bridgehead atoms. The molecule has 0 saturated heterocycles. The molecule has 0 spiro atoms. The minimum Gasteiger partial charge on any atom is -0.486 e. The molecule has 7 heteroatoms. The minimum absolute atomic E-state index is 0.0423. The van der Waals surface area contributed by atoms with E-state index >= 15 is 0 Å². The molecule has 0 aliphatic heterocycles. The Balaban J connectivity index is 1.65. The summed E-state index contributed by atoms with van der Waals surface area (Å²) in [6, 6.07) is 7.30. The van der Waals surface area contributed by atoms with E-state index in [1.165, 1.54) is 6.92 Å². The van der Waals surface area contributed by atoms with Crippen LogP contribution in [0.5, 0.6) is 5.75 Å². The maximum Gasteiger partial charge on any atom is 0.250 e. The summed E-state index contributed by atoms with van der Waals surface area (Å²) in [5, 5.41) is 7.45. The number of hydrogen-bond acceptors (Lipinski definition) is 6. The minimum atomic E-state index is -1.29. The van der Waals surface area contributed by atoms with Gasteiger partial charge in [0.25, 0.3) is 5.89 Å². The summed E-state index contributed by atoms with van der Waals surface area (Å²) in [6.07, 6.45) is 1.97. The van der Waals surface area contributed by atoms with Crippen molar-refractivity contribution in [2.24, 2.45) is 0 Å². The summed E-state index contributed by atoms with van der Waals surface area (Å²) in [4.78, 5) is 8.43. The third kappa shape index (κ3) is 3.68. The SMILES string of the molecule is Cc1ccc(OCc2ccc(-c3nnc(C(C)F)o3)cn2)cn1. The number of pyridine rings is 2. The second-order valence-electron chi connectivity index (χ2n) is 5.02. The first-order valence-corrected chi connectivity index (χ1v) is 7.10. The van der Waals surface area contributed by atoms with E-state index in [2.05, 4.69) is 20.2 Å². The first-order chi connectivity index (χ1) is 11.1. The molecule has 3 heterocycles. The van der Waals surface area contributed by atoms with Crippen molar-refractivity contribution in [3.63, 3.8) is 0 Å². The van der Waals surface area contributed by atoms with Crippen LogP contribution in [0.15, 0.2) is 41.1 Å². The maximum absolute atomic E-state index is 13.1. The highest BCUT2D eigenvalue weighted by atomic mass is 19.1. The van der Waals surface area contributed by atoms with Gasteiger partial charge in [0.1, 0.15) is 12.4 Å². The number of nitrogens with zero attached hydrogens (tertiary/aromatic N) is 4. The number of ether oxygens (including phenoxy) is 1. The van der Waals surface area contributed by atoms with Gasteiger partial charge >= 0.3 is 0 Å². The lowest BCUT2D eigenvalue weighted by molar-refractivity contribution is 0.299. The van der Waals surface area contributed by atoms with Crippen molar-refractivity contribution in [1.82, 2.24) is 20.2 Å². The first-order valence-electron chi connectivity index (χ1n) is 7.10. The predicted molar refractivity (Wildman–Crippen MR) is 80.4 cm³/mol. The van der Waals surface area contributed by atoms with Crippen LogP contribution in [-0.4, -0.2) is 20.2 Å². The zero-order valence-electron chi connectivity index (χ0n) is 12.7. The lowest BCUT2D eigenvalue weighted by atomic mass is 10.2. The Labute approximate surface area is 132 Å². The molecule has 0 N–H and O–H groups in total. The molecule has 0 aliphatic rings. The van der Waals surface area contributed by atoms with Gasteiger partial charge in [0.2, 0.25) is 5.89 Å². The number of rotatable bonds is 5. The monoisotopic (exact) mass is 314 g/mol. The summed E-state index contributed by atoms with van der Waals surface area (Å²) in [5.41, 5.74) is 2.31. The lowest BCUT2D eigenvalue weighted by Crippen LogP contribution is -1.98. The largest absolute Gasteiger partial charge is 0.486 e. The van der Waals surface area contributed by atoms with Crippen LogP contribution < -0.4 is 4.74 Å². The van der Waals surface area contributed by atoms with Gasteiger partial charge in [0, 0.05) is 11.9 Å². The van der Waals surface area contributed by atoms with Gasteiger partial charge < -0.3 is 9.15 Å². The fourth-order valence-electron chi connectivity index (χ4n) is 1.85. The van der Waals surface area contributed by atoms with Gasteiger partial charge in [-0.2, -0.15) is 0 Å². The van der Waals surface area contributed by atoms with Gasteiger partial charge in [-0.05, 0) is 38.1 Å². The fourth-order valence-corrected chi connectivity index (χ4v) is 1.85. The number of halogens is 1. The average Bonchev–Trinajstić information content (AvgIpc) is 3.05. The smallest absolute Gasteiger partial charge is 0.250 e. The van der Waals surface area contributed by atoms with Crippen LogP contribution in [-0.2, 0) is 6.61 Å². The van der Waals surface area contributed by atoms with Crippen molar-refractivity contribution >= 4 is 0 Å². The molecule has 1 unspecified atom stereocenters. The molecule has 1 atom stereocenters. The fraction of sp³-hybridized carbons (Fsp3) is 0.250. The molecule has 3 aromatic heterocycles. The molecule has 3 aromatic rings. The van der Waals surface area contributed by atoms with E-state index in [1.54, 1.807) is 24.5 Å². The second kappa shape index (κ2) is 6.51. The van der Waals surface area contributed by atoms with E-state index < -0.39 is 6.17 Å². The van der Waals surface area contributed by atoms with Gasteiger partial charge in [0.05, 0.1) is 17.5 Å². The van der Waals surface area contributed by atoms with E-state index in [-0.39, 0.29) is 11.8 Å². The van der Waals surface area contributed by atoms with Crippen molar-refractivity contribution < 1.29 is 13.5 Å².